The largest absolute Gasteiger partial charge is 0.452 e. The van der Waals surface area contributed by atoms with Gasteiger partial charge in [-0.05, 0) is 60.7 Å². The van der Waals surface area contributed by atoms with Crippen molar-refractivity contribution in [3.05, 3.63) is 58.6 Å². The molecule has 2 atom stereocenters. The number of sulfonamides is 1. The third-order valence-corrected chi connectivity index (χ3v) is 7.43. The van der Waals surface area contributed by atoms with Crippen LogP contribution >= 0.6 is 11.6 Å². The highest BCUT2D eigenvalue weighted by Crippen LogP contribution is 2.27. The molecule has 1 aliphatic rings. The van der Waals surface area contributed by atoms with E-state index in [1.54, 1.807) is 0 Å². The fourth-order valence-corrected chi connectivity index (χ4v) is 5.71. The predicted octanol–water partition coefficient (Wildman–Crippen LogP) is 3.67. The maximum Gasteiger partial charge on any atom is 0.338 e. The van der Waals surface area contributed by atoms with Gasteiger partial charge in [-0.2, -0.15) is 9.57 Å². The Kier molecular flexibility index (Phi) is 7.74. The number of rotatable bonds is 6. The lowest BCUT2D eigenvalue weighted by Gasteiger charge is -2.34. The van der Waals surface area contributed by atoms with E-state index in [1.165, 1.54) is 46.8 Å². The first kappa shape index (κ1) is 24.7. The van der Waals surface area contributed by atoms with Crippen LogP contribution in [0, 0.1) is 23.2 Å². The molecule has 0 aliphatic carbocycles. The van der Waals surface area contributed by atoms with Crippen LogP contribution in [0.2, 0.25) is 5.02 Å². The Morgan fingerprint density at radius 3 is 2.36 bits per heavy atom. The number of nitriles is 1. The Morgan fingerprint density at radius 2 is 1.79 bits per heavy atom. The Balaban J connectivity index is 1.58. The smallest absolute Gasteiger partial charge is 0.338 e. The third kappa shape index (κ3) is 6.11. The number of halogens is 1. The Labute approximate surface area is 198 Å². The van der Waals surface area contributed by atoms with E-state index in [2.05, 4.69) is 5.32 Å². The molecule has 1 fully saturated rings. The first-order valence-electron chi connectivity index (χ1n) is 10.4. The minimum absolute atomic E-state index is 0.107. The van der Waals surface area contributed by atoms with E-state index >= 15 is 0 Å². The summed E-state index contributed by atoms with van der Waals surface area (Å²) in [5.41, 5.74) is 0.760. The Hall–Kier alpha value is -2.93. The van der Waals surface area contributed by atoms with Crippen molar-refractivity contribution in [2.75, 3.05) is 25.0 Å². The highest BCUT2D eigenvalue weighted by atomic mass is 35.5. The molecule has 3 rings (SSSR count). The Bertz CT molecular complexity index is 1180. The van der Waals surface area contributed by atoms with Gasteiger partial charge in [-0.3, -0.25) is 4.79 Å². The molecule has 0 aromatic heterocycles. The summed E-state index contributed by atoms with van der Waals surface area (Å²) in [6.45, 7) is 4.46. The second kappa shape index (κ2) is 10.3. The van der Waals surface area contributed by atoms with E-state index < -0.39 is 28.5 Å². The lowest BCUT2D eigenvalue weighted by molar-refractivity contribution is -0.119. The van der Waals surface area contributed by atoms with Gasteiger partial charge in [-0.15, -0.1) is 0 Å². The van der Waals surface area contributed by atoms with Gasteiger partial charge in [0.1, 0.15) is 6.07 Å². The number of nitrogens with zero attached hydrogens (tertiary/aromatic N) is 2. The summed E-state index contributed by atoms with van der Waals surface area (Å²) in [6, 6.07) is 11.8. The number of hydrogen-bond donors (Lipinski definition) is 1. The molecule has 0 saturated carbocycles. The SMILES string of the molecule is CC1CC(C)CN(S(=O)(=O)c2ccc(C(=O)OCC(=O)Nc3ccc(C#N)c(Cl)c3)cc2)C1. The van der Waals surface area contributed by atoms with Gasteiger partial charge >= 0.3 is 5.97 Å². The topological polar surface area (TPSA) is 117 Å². The van der Waals surface area contributed by atoms with Crippen LogP contribution in [0.4, 0.5) is 5.69 Å². The number of carbonyl (C=O) groups excluding carboxylic acids is 2. The van der Waals surface area contributed by atoms with E-state index in [1.807, 2.05) is 19.9 Å². The number of ether oxygens (including phenoxy) is 1. The number of benzene rings is 2. The van der Waals surface area contributed by atoms with Crippen molar-refractivity contribution >= 4 is 39.2 Å². The predicted molar refractivity (Wildman–Crippen MR) is 123 cm³/mol. The molecule has 2 aromatic rings. The zero-order valence-corrected chi connectivity index (χ0v) is 19.8. The van der Waals surface area contributed by atoms with Crippen LogP contribution < -0.4 is 5.32 Å². The summed E-state index contributed by atoms with van der Waals surface area (Å²) < 4.78 is 32.4. The number of amides is 1. The van der Waals surface area contributed by atoms with E-state index in [9.17, 15) is 18.0 Å². The average molecular weight is 490 g/mol. The Morgan fingerprint density at radius 1 is 1.15 bits per heavy atom. The summed E-state index contributed by atoms with van der Waals surface area (Å²) in [5.74, 6) is -0.780. The highest BCUT2D eigenvalue weighted by Gasteiger charge is 2.31. The second-order valence-electron chi connectivity index (χ2n) is 8.22. The summed E-state index contributed by atoms with van der Waals surface area (Å²) in [5, 5.41) is 11.6. The molecule has 0 spiro atoms. The molecule has 0 radical (unpaired) electrons. The van der Waals surface area contributed by atoms with E-state index in [0.29, 0.717) is 18.8 Å². The molecular formula is C23H24ClN3O5S. The van der Waals surface area contributed by atoms with Crippen molar-refractivity contribution in [3.63, 3.8) is 0 Å². The number of esters is 1. The van der Waals surface area contributed by atoms with Crippen molar-refractivity contribution in [2.24, 2.45) is 11.8 Å². The lowest BCUT2D eigenvalue weighted by atomic mass is 9.94. The maximum absolute atomic E-state index is 12.9. The molecule has 0 bridgehead atoms. The van der Waals surface area contributed by atoms with Gasteiger partial charge in [0.15, 0.2) is 6.61 Å². The van der Waals surface area contributed by atoms with Crippen LogP contribution in [0.3, 0.4) is 0 Å². The van der Waals surface area contributed by atoms with Gasteiger partial charge in [0, 0.05) is 18.8 Å². The van der Waals surface area contributed by atoms with Gasteiger partial charge in [0.25, 0.3) is 5.91 Å². The number of nitrogens with one attached hydrogen (secondary N) is 1. The van der Waals surface area contributed by atoms with Crippen LogP contribution in [0.25, 0.3) is 0 Å². The number of anilines is 1. The molecule has 1 N–H and O–H groups in total. The molecule has 10 heteroatoms. The zero-order valence-electron chi connectivity index (χ0n) is 18.2. The summed E-state index contributed by atoms with van der Waals surface area (Å²) in [6.07, 6.45) is 0.989. The molecular weight excluding hydrogens is 466 g/mol. The maximum atomic E-state index is 12.9. The molecule has 8 nitrogen and oxygen atoms in total. The zero-order chi connectivity index (χ0) is 24.2. The average Bonchev–Trinajstić information content (AvgIpc) is 2.77. The van der Waals surface area contributed by atoms with Crippen molar-refractivity contribution < 1.29 is 22.7 Å². The van der Waals surface area contributed by atoms with Crippen LogP contribution in [-0.4, -0.2) is 44.3 Å². The van der Waals surface area contributed by atoms with E-state index in [4.69, 9.17) is 21.6 Å². The van der Waals surface area contributed by atoms with Crippen LogP contribution in [-0.2, 0) is 19.6 Å². The summed E-state index contributed by atoms with van der Waals surface area (Å²) >= 11 is 5.92. The number of piperidine rings is 1. The molecule has 1 amide bonds. The highest BCUT2D eigenvalue weighted by molar-refractivity contribution is 7.89. The number of hydrogen-bond acceptors (Lipinski definition) is 6. The van der Waals surface area contributed by atoms with Gasteiger partial charge in [0.2, 0.25) is 10.0 Å². The summed E-state index contributed by atoms with van der Waals surface area (Å²) in [7, 11) is -3.65. The molecule has 1 heterocycles. The molecule has 33 heavy (non-hydrogen) atoms. The number of carbonyl (C=O) groups is 2. The van der Waals surface area contributed by atoms with Crippen molar-refractivity contribution in [3.8, 4) is 6.07 Å². The monoisotopic (exact) mass is 489 g/mol. The molecule has 174 valence electrons. The van der Waals surface area contributed by atoms with Gasteiger partial charge < -0.3 is 10.1 Å². The standard InChI is InChI=1S/C23H24ClN3O5S/c1-15-9-16(2)13-27(12-15)33(30,31)20-7-4-17(5-8-20)23(29)32-14-22(28)26-19-6-3-18(11-25)21(24)10-19/h3-8,10,15-16H,9,12-14H2,1-2H3,(H,26,28). The summed E-state index contributed by atoms with van der Waals surface area (Å²) in [4.78, 5) is 24.4. The molecule has 2 aromatic carbocycles. The lowest BCUT2D eigenvalue weighted by Crippen LogP contribution is -2.42. The minimum Gasteiger partial charge on any atom is -0.452 e. The van der Waals surface area contributed by atoms with Crippen molar-refractivity contribution in [1.29, 1.82) is 5.26 Å². The van der Waals surface area contributed by atoms with Crippen LogP contribution in [0.5, 0.6) is 0 Å². The van der Waals surface area contributed by atoms with Crippen molar-refractivity contribution in [1.82, 2.24) is 4.31 Å². The van der Waals surface area contributed by atoms with Gasteiger partial charge in [0.05, 0.1) is 21.0 Å². The molecule has 1 saturated heterocycles. The normalized spacial score (nSPS) is 18.8. The van der Waals surface area contributed by atoms with Gasteiger partial charge in [-0.25, -0.2) is 13.2 Å². The molecule has 1 aliphatic heterocycles. The van der Waals surface area contributed by atoms with E-state index in [-0.39, 0.29) is 32.9 Å². The van der Waals surface area contributed by atoms with Crippen LogP contribution in [0.1, 0.15) is 36.2 Å². The quantitative estimate of drug-likeness (QED) is 0.619. The third-order valence-electron chi connectivity index (χ3n) is 5.27. The molecule has 2 unspecified atom stereocenters. The van der Waals surface area contributed by atoms with Crippen molar-refractivity contribution in [2.45, 2.75) is 25.2 Å². The second-order valence-corrected chi connectivity index (χ2v) is 10.6. The first-order valence-corrected chi connectivity index (χ1v) is 12.2. The van der Waals surface area contributed by atoms with Gasteiger partial charge in [-0.1, -0.05) is 25.4 Å². The van der Waals surface area contributed by atoms with E-state index in [0.717, 1.165) is 6.42 Å². The minimum atomic E-state index is -3.65. The fraction of sp³-hybridized carbons (Fsp3) is 0.348. The fourth-order valence-electron chi connectivity index (χ4n) is 3.81. The van der Waals surface area contributed by atoms with Crippen LogP contribution in [0.15, 0.2) is 47.4 Å². The first-order chi connectivity index (χ1) is 15.6.